The van der Waals surface area contributed by atoms with Crippen molar-refractivity contribution in [1.82, 2.24) is 5.16 Å². The van der Waals surface area contributed by atoms with E-state index in [-0.39, 0.29) is 0 Å². The Hall–Kier alpha value is -0.880. The summed E-state index contributed by atoms with van der Waals surface area (Å²) in [6.07, 6.45) is 0. The number of benzene rings is 2. The molecule has 0 amide bonds. The second-order valence-corrected chi connectivity index (χ2v) is 5.84. The Balaban J connectivity index is 2.23. The van der Waals surface area contributed by atoms with Gasteiger partial charge in [0.25, 0.3) is 0 Å². The van der Waals surface area contributed by atoms with E-state index in [1.54, 1.807) is 0 Å². The monoisotopic (exact) mass is 399 g/mol. The average molecular weight is 400 g/mol. The van der Waals surface area contributed by atoms with Crippen LogP contribution in [-0.4, -0.2) is 5.16 Å². The van der Waals surface area contributed by atoms with Gasteiger partial charge in [0.2, 0.25) is 0 Å². The number of nitrogens with zero attached hydrogens (tertiary/aromatic N) is 1. The van der Waals surface area contributed by atoms with Crippen LogP contribution >= 0.6 is 38.5 Å². The summed E-state index contributed by atoms with van der Waals surface area (Å²) < 4.78 is 7.56. The van der Waals surface area contributed by atoms with Crippen molar-refractivity contribution in [3.05, 3.63) is 50.5 Å². The minimum Gasteiger partial charge on any atom is -0.356 e. The normalized spacial score (nSPS) is 10.9. The van der Waals surface area contributed by atoms with E-state index in [1.165, 1.54) is 3.57 Å². The van der Waals surface area contributed by atoms with Gasteiger partial charge >= 0.3 is 0 Å². The molecule has 0 spiro atoms. The van der Waals surface area contributed by atoms with Gasteiger partial charge in [-0.25, -0.2) is 0 Å². The molecule has 17 heavy (non-hydrogen) atoms. The Morgan fingerprint density at radius 3 is 2.59 bits per heavy atom. The first-order valence-electron chi connectivity index (χ1n) is 5.05. The maximum absolute atomic E-state index is 5.32. The van der Waals surface area contributed by atoms with Crippen LogP contribution in [-0.2, 0) is 0 Å². The summed E-state index contributed by atoms with van der Waals surface area (Å²) in [7, 11) is 0. The predicted molar refractivity (Wildman–Crippen MR) is 79.9 cm³/mol. The standard InChI is InChI=1S/C13H7BrINO/c14-9-3-1-8(2-4-9)13-11-7-10(15)5-6-12(11)17-16-13/h1-7H. The van der Waals surface area contributed by atoms with Crippen LogP contribution < -0.4 is 0 Å². The highest BCUT2D eigenvalue weighted by Crippen LogP contribution is 2.29. The molecule has 4 heteroatoms. The molecule has 3 aromatic rings. The summed E-state index contributed by atoms with van der Waals surface area (Å²) in [6, 6.07) is 14.1. The van der Waals surface area contributed by atoms with Gasteiger partial charge in [-0.05, 0) is 52.9 Å². The lowest BCUT2D eigenvalue weighted by atomic mass is 10.1. The van der Waals surface area contributed by atoms with Gasteiger partial charge in [0.05, 0.1) is 5.39 Å². The lowest BCUT2D eigenvalue weighted by molar-refractivity contribution is 0.459. The summed E-state index contributed by atoms with van der Waals surface area (Å²) in [5.41, 5.74) is 2.78. The Kier molecular flexibility index (Phi) is 2.92. The first-order valence-corrected chi connectivity index (χ1v) is 6.92. The van der Waals surface area contributed by atoms with Crippen LogP contribution in [0.25, 0.3) is 22.2 Å². The minimum atomic E-state index is 0.823. The van der Waals surface area contributed by atoms with Gasteiger partial charge in [-0.2, -0.15) is 0 Å². The lowest BCUT2D eigenvalue weighted by Crippen LogP contribution is -1.78. The molecule has 0 aliphatic rings. The van der Waals surface area contributed by atoms with Gasteiger partial charge in [-0.15, -0.1) is 0 Å². The number of rotatable bonds is 1. The molecule has 0 atom stereocenters. The van der Waals surface area contributed by atoms with Gasteiger partial charge in [-0.1, -0.05) is 33.2 Å². The molecule has 84 valence electrons. The first-order chi connectivity index (χ1) is 8.24. The molecule has 0 radical (unpaired) electrons. The highest BCUT2D eigenvalue weighted by molar-refractivity contribution is 14.1. The fourth-order valence-corrected chi connectivity index (χ4v) is 2.48. The molecule has 0 unspecified atom stereocenters. The molecule has 3 rings (SSSR count). The van der Waals surface area contributed by atoms with E-state index in [2.05, 4.69) is 49.7 Å². The van der Waals surface area contributed by atoms with Crippen molar-refractivity contribution in [2.24, 2.45) is 0 Å². The van der Waals surface area contributed by atoms with Gasteiger partial charge in [-0.3, -0.25) is 0 Å². The lowest BCUT2D eigenvalue weighted by Gasteiger charge is -1.97. The molecule has 1 heterocycles. The van der Waals surface area contributed by atoms with Crippen LogP contribution in [0.4, 0.5) is 0 Å². The Morgan fingerprint density at radius 1 is 1.06 bits per heavy atom. The third-order valence-corrected chi connectivity index (χ3v) is 3.75. The Morgan fingerprint density at radius 2 is 1.82 bits per heavy atom. The molecule has 0 aliphatic carbocycles. The minimum absolute atomic E-state index is 0.823. The zero-order valence-electron chi connectivity index (χ0n) is 8.65. The summed E-state index contributed by atoms with van der Waals surface area (Å²) in [4.78, 5) is 0. The Bertz CT molecular complexity index is 675. The van der Waals surface area contributed by atoms with E-state index < -0.39 is 0 Å². The molecule has 0 bridgehead atoms. The van der Waals surface area contributed by atoms with Gasteiger partial charge in [0, 0.05) is 13.6 Å². The van der Waals surface area contributed by atoms with Crippen LogP contribution in [0.2, 0.25) is 0 Å². The van der Waals surface area contributed by atoms with Gasteiger partial charge in [0.15, 0.2) is 5.58 Å². The van der Waals surface area contributed by atoms with E-state index in [0.717, 1.165) is 26.7 Å². The molecular formula is C13H7BrINO. The average Bonchev–Trinajstić information content (AvgIpc) is 2.73. The Labute approximate surface area is 120 Å². The molecule has 0 saturated heterocycles. The molecule has 0 fully saturated rings. The van der Waals surface area contributed by atoms with Crippen LogP contribution in [0.5, 0.6) is 0 Å². The molecule has 0 saturated carbocycles. The smallest absolute Gasteiger partial charge is 0.167 e. The van der Waals surface area contributed by atoms with Crippen molar-refractivity contribution in [1.29, 1.82) is 0 Å². The number of hydrogen-bond donors (Lipinski definition) is 0. The van der Waals surface area contributed by atoms with Crippen molar-refractivity contribution in [2.45, 2.75) is 0 Å². The van der Waals surface area contributed by atoms with E-state index in [9.17, 15) is 0 Å². The second kappa shape index (κ2) is 4.42. The van der Waals surface area contributed by atoms with Crippen LogP contribution in [0, 0.1) is 3.57 Å². The van der Waals surface area contributed by atoms with E-state index >= 15 is 0 Å². The van der Waals surface area contributed by atoms with Crippen molar-refractivity contribution < 1.29 is 4.52 Å². The van der Waals surface area contributed by atoms with E-state index in [0.29, 0.717) is 0 Å². The second-order valence-electron chi connectivity index (χ2n) is 3.68. The summed E-state index contributed by atoms with van der Waals surface area (Å²) in [5.74, 6) is 0. The number of halogens is 2. The topological polar surface area (TPSA) is 26.0 Å². The van der Waals surface area contributed by atoms with Crippen molar-refractivity contribution in [2.75, 3.05) is 0 Å². The third kappa shape index (κ3) is 2.11. The van der Waals surface area contributed by atoms with Crippen LogP contribution in [0.1, 0.15) is 0 Å². The highest BCUT2D eigenvalue weighted by atomic mass is 127. The van der Waals surface area contributed by atoms with Crippen LogP contribution in [0.15, 0.2) is 51.5 Å². The molecule has 0 aliphatic heterocycles. The summed E-state index contributed by atoms with van der Waals surface area (Å²) in [5, 5.41) is 5.20. The van der Waals surface area contributed by atoms with Crippen molar-refractivity contribution in [3.8, 4) is 11.3 Å². The highest BCUT2D eigenvalue weighted by Gasteiger charge is 2.10. The summed E-state index contributed by atoms with van der Waals surface area (Å²) >= 11 is 5.71. The maximum Gasteiger partial charge on any atom is 0.167 e. The molecule has 2 aromatic carbocycles. The third-order valence-electron chi connectivity index (χ3n) is 2.55. The molecule has 0 N–H and O–H groups in total. The number of aromatic nitrogens is 1. The maximum atomic E-state index is 5.32. The van der Waals surface area contributed by atoms with Crippen molar-refractivity contribution >= 4 is 49.5 Å². The summed E-state index contributed by atoms with van der Waals surface area (Å²) in [6.45, 7) is 0. The van der Waals surface area contributed by atoms with E-state index in [4.69, 9.17) is 4.52 Å². The van der Waals surface area contributed by atoms with Gasteiger partial charge < -0.3 is 4.52 Å². The predicted octanol–water partition coefficient (Wildman–Crippen LogP) is 4.86. The zero-order chi connectivity index (χ0) is 11.8. The van der Waals surface area contributed by atoms with Gasteiger partial charge in [0.1, 0.15) is 5.69 Å². The van der Waals surface area contributed by atoms with E-state index in [1.807, 2.05) is 36.4 Å². The SMILES string of the molecule is Brc1ccc(-c2noc3ccc(I)cc23)cc1. The zero-order valence-corrected chi connectivity index (χ0v) is 12.4. The molecule has 2 nitrogen and oxygen atoms in total. The first kappa shape index (κ1) is 11.2. The van der Waals surface area contributed by atoms with Crippen LogP contribution in [0.3, 0.4) is 0 Å². The molecule has 1 aromatic heterocycles. The fourth-order valence-electron chi connectivity index (χ4n) is 1.73. The number of hydrogen-bond acceptors (Lipinski definition) is 2. The number of fused-ring (bicyclic) bond motifs is 1. The molecular weight excluding hydrogens is 393 g/mol. The largest absolute Gasteiger partial charge is 0.356 e. The van der Waals surface area contributed by atoms with Crippen molar-refractivity contribution in [3.63, 3.8) is 0 Å². The quantitative estimate of drug-likeness (QED) is 0.546. The fraction of sp³-hybridized carbons (Fsp3) is 0.